The molecule has 2 atom stereocenters. The molecule has 6 nitrogen and oxygen atoms in total. The van der Waals surface area contributed by atoms with E-state index in [1.54, 1.807) is 27.7 Å². The summed E-state index contributed by atoms with van der Waals surface area (Å²) in [4.78, 5) is 36.7. The highest BCUT2D eigenvalue weighted by Gasteiger charge is 2.40. The van der Waals surface area contributed by atoms with Crippen LogP contribution in [-0.4, -0.2) is 48.0 Å². The molecular formula is C13H21NO5. The maximum Gasteiger partial charge on any atom is 0.410 e. The third-order valence-electron chi connectivity index (χ3n) is 2.91. The zero-order valence-corrected chi connectivity index (χ0v) is 12.1. The van der Waals surface area contributed by atoms with Gasteiger partial charge in [-0.2, -0.15) is 0 Å². The second kappa shape index (κ2) is 5.59. The van der Waals surface area contributed by atoms with Gasteiger partial charge < -0.3 is 14.4 Å². The third-order valence-corrected chi connectivity index (χ3v) is 2.91. The van der Waals surface area contributed by atoms with Crippen LogP contribution in [0.4, 0.5) is 4.79 Å². The molecular weight excluding hydrogens is 250 g/mol. The van der Waals surface area contributed by atoms with Crippen molar-refractivity contribution in [2.45, 2.75) is 45.8 Å². The molecule has 0 saturated carbocycles. The van der Waals surface area contributed by atoms with Crippen molar-refractivity contribution in [2.24, 2.45) is 5.92 Å². The van der Waals surface area contributed by atoms with Gasteiger partial charge in [-0.1, -0.05) is 0 Å². The summed E-state index contributed by atoms with van der Waals surface area (Å²) >= 11 is 0. The number of rotatable bonds is 1. The Hall–Kier alpha value is -1.59. The molecule has 1 saturated heterocycles. The van der Waals surface area contributed by atoms with Crippen molar-refractivity contribution in [1.82, 2.24) is 4.90 Å². The molecule has 1 fully saturated rings. The number of piperidine rings is 1. The number of amides is 1. The van der Waals surface area contributed by atoms with Crippen LogP contribution in [0.15, 0.2) is 0 Å². The molecule has 19 heavy (non-hydrogen) atoms. The number of ketones is 1. The molecule has 108 valence electrons. The Morgan fingerprint density at radius 2 is 1.89 bits per heavy atom. The van der Waals surface area contributed by atoms with Crippen LogP contribution in [0, 0.1) is 5.92 Å². The molecule has 0 radical (unpaired) electrons. The number of hydrogen-bond donors (Lipinski definition) is 0. The van der Waals surface area contributed by atoms with Gasteiger partial charge in [0, 0.05) is 19.0 Å². The highest BCUT2D eigenvalue weighted by Crippen LogP contribution is 2.22. The van der Waals surface area contributed by atoms with Gasteiger partial charge >= 0.3 is 12.1 Å². The maximum atomic E-state index is 12.0. The van der Waals surface area contributed by atoms with Crippen molar-refractivity contribution in [1.29, 1.82) is 0 Å². The number of hydrogen-bond acceptors (Lipinski definition) is 5. The smallest absolute Gasteiger partial charge is 0.410 e. The predicted octanol–water partition coefficient (Wildman–Crippen LogP) is 1.37. The van der Waals surface area contributed by atoms with E-state index in [4.69, 9.17) is 4.74 Å². The number of esters is 1. The first-order valence-electron chi connectivity index (χ1n) is 6.26. The number of nitrogens with zero attached hydrogens (tertiary/aromatic N) is 1. The first kappa shape index (κ1) is 15.5. The van der Waals surface area contributed by atoms with Gasteiger partial charge in [0.15, 0.2) is 5.78 Å². The molecule has 0 aromatic carbocycles. The second-order valence-corrected chi connectivity index (χ2v) is 5.73. The van der Waals surface area contributed by atoms with Gasteiger partial charge in [-0.3, -0.25) is 9.59 Å². The van der Waals surface area contributed by atoms with Crippen molar-refractivity contribution >= 4 is 17.8 Å². The van der Waals surface area contributed by atoms with Gasteiger partial charge in [0.25, 0.3) is 0 Å². The fraction of sp³-hybridized carbons (Fsp3) is 0.769. The Morgan fingerprint density at radius 1 is 1.32 bits per heavy atom. The lowest BCUT2D eigenvalue weighted by molar-refractivity contribution is -0.152. The number of Topliss-reactive ketones (excluding diaryl/α,β-unsaturated/α-hetero) is 1. The molecule has 1 heterocycles. The van der Waals surface area contributed by atoms with E-state index in [2.05, 4.69) is 4.74 Å². The topological polar surface area (TPSA) is 72.9 Å². The zero-order valence-electron chi connectivity index (χ0n) is 12.1. The minimum atomic E-state index is -0.909. The molecule has 0 N–H and O–H groups in total. The van der Waals surface area contributed by atoms with Crippen LogP contribution < -0.4 is 0 Å². The van der Waals surface area contributed by atoms with E-state index in [1.165, 1.54) is 12.0 Å². The first-order chi connectivity index (χ1) is 8.65. The van der Waals surface area contributed by atoms with Crippen molar-refractivity contribution in [3.05, 3.63) is 0 Å². The molecule has 1 unspecified atom stereocenters. The van der Waals surface area contributed by atoms with Gasteiger partial charge in [-0.05, 0) is 27.7 Å². The van der Waals surface area contributed by atoms with Gasteiger partial charge in [0.2, 0.25) is 0 Å². The summed E-state index contributed by atoms with van der Waals surface area (Å²) in [5.41, 5.74) is -0.612. The highest BCUT2D eigenvalue weighted by atomic mass is 16.6. The van der Waals surface area contributed by atoms with Crippen molar-refractivity contribution in [3.8, 4) is 0 Å². The summed E-state index contributed by atoms with van der Waals surface area (Å²) in [6.45, 7) is 7.07. The number of carbonyl (C=O) groups is 3. The minimum absolute atomic E-state index is 0.0155. The molecule has 0 bridgehead atoms. The second-order valence-electron chi connectivity index (χ2n) is 5.73. The molecule has 6 heteroatoms. The molecule has 1 aliphatic rings. The van der Waals surface area contributed by atoms with E-state index in [0.29, 0.717) is 0 Å². The molecule has 1 rings (SSSR count). The summed E-state index contributed by atoms with van der Waals surface area (Å²) in [5, 5.41) is 0. The van der Waals surface area contributed by atoms with Crippen LogP contribution in [0.2, 0.25) is 0 Å². The predicted molar refractivity (Wildman–Crippen MR) is 67.5 cm³/mol. The molecule has 0 aliphatic carbocycles. The lowest BCUT2D eigenvalue weighted by atomic mass is 9.92. The highest BCUT2D eigenvalue weighted by molar-refractivity contribution is 6.00. The quantitative estimate of drug-likeness (QED) is 0.532. The number of likely N-dealkylation sites (tertiary alicyclic amines) is 1. The van der Waals surface area contributed by atoms with Crippen LogP contribution in [0.1, 0.15) is 34.1 Å². The monoisotopic (exact) mass is 271 g/mol. The van der Waals surface area contributed by atoms with Gasteiger partial charge in [0.1, 0.15) is 11.5 Å². The van der Waals surface area contributed by atoms with Crippen molar-refractivity contribution < 1.29 is 23.9 Å². The summed E-state index contributed by atoms with van der Waals surface area (Å²) in [6.07, 6.45) is -0.375. The average molecular weight is 271 g/mol. The van der Waals surface area contributed by atoms with Gasteiger partial charge in [-0.15, -0.1) is 0 Å². The van der Waals surface area contributed by atoms with E-state index in [1.807, 2.05) is 0 Å². The maximum absolute atomic E-state index is 12.0. The SMILES string of the molecule is COC(=O)C1CN(C(=O)OC(C)(C)C)[C@H](C)CC1=O. The Morgan fingerprint density at radius 3 is 2.37 bits per heavy atom. The Labute approximate surface area is 113 Å². The Kier molecular flexibility index (Phi) is 4.55. The van der Waals surface area contributed by atoms with E-state index in [0.717, 1.165) is 0 Å². The van der Waals surface area contributed by atoms with Crippen LogP contribution in [0.3, 0.4) is 0 Å². The minimum Gasteiger partial charge on any atom is -0.468 e. The van der Waals surface area contributed by atoms with Gasteiger partial charge in [0.05, 0.1) is 7.11 Å². The molecule has 0 aromatic heterocycles. The first-order valence-corrected chi connectivity index (χ1v) is 6.26. The van der Waals surface area contributed by atoms with Gasteiger partial charge in [-0.25, -0.2) is 4.79 Å². The zero-order chi connectivity index (χ0) is 14.8. The molecule has 0 aromatic rings. The normalized spacial score (nSPS) is 24.1. The van der Waals surface area contributed by atoms with Crippen molar-refractivity contribution in [3.63, 3.8) is 0 Å². The number of ether oxygens (including phenoxy) is 2. The number of carbonyl (C=O) groups excluding carboxylic acids is 3. The summed E-state index contributed by atoms with van der Waals surface area (Å²) in [5.74, 6) is -1.71. The summed E-state index contributed by atoms with van der Waals surface area (Å²) in [6, 6.07) is -0.275. The lowest BCUT2D eigenvalue weighted by Crippen LogP contribution is -2.52. The van der Waals surface area contributed by atoms with Crippen LogP contribution in [-0.2, 0) is 19.1 Å². The van der Waals surface area contributed by atoms with Crippen LogP contribution in [0.25, 0.3) is 0 Å². The van der Waals surface area contributed by atoms with E-state index in [-0.39, 0.29) is 24.8 Å². The van der Waals surface area contributed by atoms with Crippen molar-refractivity contribution in [2.75, 3.05) is 13.7 Å². The Balaban J connectivity index is 2.80. The van der Waals surface area contributed by atoms with E-state index < -0.39 is 23.6 Å². The number of methoxy groups -OCH3 is 1. The van der Waals surface area contributed by atoms with E-state index >= 15 is 0 Å². The fourth-order valence-corrected chi connectivity index (χ4v) is 1.95. The van der Waals surface area contributed by atoms with Crippen LogP contribution in [0.5, 0.6) is 0 Å². The largest absolute Gasteiger partial charge is 0.468 e. The Bertz CT molecular complexity index is 385. The molecule has 1 aliphatic heterocycles. The summed E-state index contributed by atoms with van der Waals surface area (Å²) < 4.78 is 9.85. The third kappa shape index (κ3) is 3.94. The molecule has 0 spiro atoms. The summed E-state index contributed by atoms with van der Waals surface area (Å²) in [7, 11) is 1.23. The van der Waals surface area contributed by atoms with Crippen LogP contribution >= 0.6 is 0 Å². The van der Waals surface area contributed by atoms with E-state index in [9.17, 15) is 14.4 Å². The molecule has 1 amide bonds. The fourth-order valence-electron chi connectivity index (χ4n) is 1.95. The average Bonchev–Trinajstić information content (AvgIpc) is 2.25. The lowest BCUT2D eigenvalue weighted by Gasteiger charge is -2.36. The standard InChI is InChI=1S/C13H21NO5/c1-8-6-10(15)9(11(16)18-5)7-14(8)12(17)19-13(2,3)4/h8-9H,6-7H2,1-5H3/t8-,9?/m1/s1.